The average molecular weight is 396 g/mol. The lowest BCUT2D eigenvalue weighted by Gasteiger charge is -2.24. The highest BCUT2D eigenvalue weighted by atomic mass is 32.1. The predicted octanol–water partition coefficient (Wildman–Crippen LogP) is 5.20. The summed E-state index contributed by atoms with van der Waals surface area (Å²) in [6, 6.07) is 16.6. The van der Waals surface area contributed by atoms with E-state index in [1.807, 2.05) is 36.1 Å². The summed E-state index contributed by atoms with van der Waals surface area (Å²) < 4.78 is 0. The Balaban J connectivity index is 1.72. The molecule has 1 unspecified atom stereocenters. The summed E-state index contributed by atoms with van der Waals surface area (Å²) in [7, 11) is 0. The number of hydrogen-bond donors (Lipinski definition) is 2. The molecule has 0 spiro atoms. The van der Waals surface area contributed by atoms with Gasteiger partial charge in [0, 0.05) is 24.3 Å². The number of hydrogen-bond acceptors (Lipinski definition) is 2. The molecule has 1 amide bonds. The van der Waals surface area contributed by atoms with Gasteiger partial charge >= 0.3 is 0 Å². The van der Waals surface area contributed by atoms with E-state index < -0.39 is 0 Å². The molecule has 0 bridgehead atoms. The van der Waals surface area contributed by atoms with Crippen molar-refractivity contribution < 1.29 is 4.79 Å². The maximum atomic E-state index is 12.1. The number of nitrogens with one attached hydrogen (secondary N) is 2. The van der Waals surface area contributed by atoms with Crippen molar-refractivity contribution in [2.24, 2.45) is 5.92 Å². The van der Waals surface area contributed by atoms with Crippen LogP contribution in [0.25, 0.3) is 0 Å². The fraction of sp³-hybridized carbons (Fsp3) is 0.391. The molecule has 2 aromatic rings. The molecule has 0 radical (unpaired) electrons. The van der Waals surface area contributed by atoms with E-state index in [0.717, 1.165) is 36.3 Å². The fourth-order valence-electron chi connectivity index (χ4n) is 3.64. The Kier molecular flexibility index (Phi) is 6.68. The quantitative estimate of drug-likeness (QED) is 0.660. The van der Waals surface area contributed by atoms with Crippen LogP contribution in [0, 0.1) is 12.8 Å². The van der Waals surface area contributed by atoms with Gasteiger partial charge in [-0.3, -0.25) is 4.79 Å². The summed E-state index contributed by atoms with van der Waals surface area (Å²) in [4.78, 5) is 14.0. The zero-order chi connectivity index (χ0) is 20.1. The molecular formula is C23H29N3OS. The normalized spacial score (nSPS) is 15.0. The lowest BCUT2D eigenvalue weighted by molar-refractivity contribution is -0.117. The average Bonchev–Trinajstić information content (AvgIpc) is 3.09. The van der Waals surface area contributed by atoms with E-state index in [1.165, 1.54) is 5.56 Å². The number of thiocarbonyl (C=S) groups is 1. The highest BCUT2D eigenvalue weighted by Gasteiger charge is 2.23. The third-order valence-electron chi connectivity index (χ3n) is 5.05. The minimum absolute atomic E-state index is 0.159. The Morgan fingerprint density at radius 3 is 2.57 bits per heavy atom. The number of carbonyl (C=O) groups excluding carboxylic acids is 1. The van der Waals surface area contributed by atoms with Crippen molar-refractivity contribution in [3.05, 3.63) is 59.7 Å². The number of rotatable bonds is 6. The van der Waals surface area contributed by atoms with Gasteiger partial charge in [-0.25, -0.2) is 0 Å². The number of benzene rings is 2. The van der Waals surface area contributed by atoms with E-state index in [1.54, 1.807) is 0 Å². The minimum atomic E-state index is 0.159. The van der Waals surface area contributed by atoms with E-state index in [9.17, 15) is 4.79 Å². The zero-order valence-corrected chi connectivity index (χ0v) is 17.7. The van der Waals surface area contributed by atoms with Crippen LogP contribution in [0.5, 0.6) is 0 Å². The standard InChI is InChI=1S/C23H29N3OS/c1-16(2)14-20(18-8-5-4-6-9-18)25-23(28)24-19-12-11-17(3)21(15-19)26-13-7-10-22(26)27/h4-6,8-9,11-12,15-16,20H,7,10,13-14H2,1-3H3,(H2,24,25,28). The maximum Gasteiger partial charge on any atom is 0.227 e. The van der Waals surface area contributed by atoms with Crippen LogP contribution in [0.15, 0.2) is 48.5 Å². The number of anilines is 2. The van der Waals surface area contributed by atoms with E-state index >= 15 is 0 Å². The van der Waals surface area contributed by atoms with E-state index in [-0.39, 0.29) is 11.9 Å². The van der Waals surface area contributed by atoms with Gasteiger partial charge in [-0.1, -0.05) is 50.2 Å². The van der Waals surface area contributed by atoms with Gasteiger partial charge in [0.2, 0.25) is 5.91 Å². The first kappa shape index (κ1) is 20.3. The summed E-state index contributed by atoms with van der Waals surface area (Å²) in [6.45, 7) is 7.26. The second-order valence-electron chi connectivity index (χ2n) is 7.84. The minimum Gasteiger partial charge on any atom is -0.356 e. The monoisotopic (exact) mass is 395 g/mol. The van der Waals surface area contributed by atoms with Crippen LogP contribution < -0.4 is 15.5 Å². The second-order valence-corrected chi connectivity index (χ2v) is 8.25. The van der Waals surface area contributed by atoms with Gasteiger partial charge < -0.3 is 15.5 Å². The van der Waals surface area contributed by atoms with Crippen LogP contribution in [0.3, 0.4) is 0 Å². The third-order valence-corrected chi connectivity index (χ3v) is 5.27. The Bertz CT molecular complexity index is 835. The summed E-state index contributed by atoms with van der Waals surface area (Å²) >= 11 is 5.60. The Hall–Kier alpha value is -2.40. The number of carbonyl (C=O) groups is 1. The van der Waals surface area contributed by atoms with Crippen LogP contribution in [-0.2, 0) is 4.79 Å². The smallest absolute Gasteiger partial charge is 0.227 e. The lowest BCUT2D eigenvalue weighted by Crippen LogP contribution is -2.33. The van der Waals surface area contributed by atoms with Crippen molar-refractivity contribution in [2.45, 2.75) is 46.1 Å². The third kappa shape index (κ3) is 5.10. The van der Waals surface area contributed by atoms with Gasteiger partial charge in [0.25, 0.3) is 0 Å². The van der Waals surface area contributed by atoms with Crippen LogP contribution in [-0.4, -0.2) is 17.6 Å². The molecule has 1 aliphatic heterocycles. The summed E-state index contributed by atoms with van der Waals surface area (Å²) in [5.41, 5.74) is 4.19. The van der Waals surface area contributed by atoms with Crippen molar-refractivity contribution in [1.29, 1.82) is 0 Å². The summed E-state index contributed by atoms with van der Waals surface area (Å²) in [5, 5.41) is 7.36. The Morgan fingerprint density at radius 1 is 1.18 bits per heavy atom. The summed E-state index contributed by atoms with van der Waals surface area (Å²) in [6.07, 6.45) is 2.54. The molecule has 4 nitrogen and oxygen atoms in total. The highest BCUT2D eigenvalue weighted by Crippen LogP contribution is 2.28. The predicted molar refractivity (Wildman–Crippen MR) is 121 cm³/mol. The van der Waals surface area contributed by atoms with Crippen LogP contribution in [0.4, 0.5) is 11.4 Å². The SMILES string of the molecule is Cc1ccc(NC(=S)NC(CC(C)C)c2ccccc2)cc1N1CCCC1=O. The van der Waals surface area contributed by atoms with Gasteiger partial charge in [0.1, 0.15) is 0 Å². The highest BCUT2D eigenvalue weighted by molar-refractivity contribution is 7.80. The molecule has 148 valence electrons. The number of nitrogens with zero attached hydrogens (tertiary/aromatic N) is 1. The molecule has 1 saturated heterocycles. The molecule has 1 aliphatic rings. The topological polar surface area (TPSA) is 44.4 Å². The van der Waals surface area contributed by atoms with Crippen molar-refractivity contribution >= 4 is 34.6 Å². The molecular weight excluding hydrogens is 366 g/mol. The molecule has 0 aliphatic carbocycles. The van der Waals surface area contributed by atoms with E-state index in [2.05, 4.69) is 48.7 Å². The Labute approximate surface area is 173 Å². The van der Waals surface area contributed by atoms with Crippen LogP contribution in [0.2, 0.25) is 0 Å². The van der Waals surface area contributed by atoms with Crippen LogP contribution in [0.1, 0.15) is 50.3 Å². The largest absolute Gasteiger partial charge is 0.356 e. The number of amides is 1. The molecule has 2 N–H and O–H groups in total. The first-order valence-electron chi connectivity index (χ1n) is 9.97. The first-order chi connectivity index (χ1) is 13.4. The van der Waals surface area contributed by atoms with Gasteiger partial charge in [0.15, 0.2) is 5.11 Å². The van der Waals surface area contributed by atoms with Crippen LogP contribution >= 0.6 is 12.2 Å². The molecule has 28 heavy (non-hydrogen) atoms. The molecule has 5 heteroatoms. The van der Waals surface area contributed by atoms with Gasteiger partial charge in [0.05, 0.1) is 6.04 Å². The molecule has 0 aromatic heterocycles. The molecule has 2 aromatic carbocycles. The van der Waals surface area contributed by atoms with Gasteiger partial charge in [-0.05, 0) is 61.2 Å². The molecule has 1 heterocycles. The maximum absolute atomic E-state index is 12.1. The van der Waals surface area contributed by atoms with Crippen molar-refractivity contribution in [3.63, 3.8) is 0 Å². The van der Waals surface area contributed by atoms with Crippen molar-refractivity contribution in [3.8, 4) is 0 Å². The van der Waals surface area contributed by atoms with Crippen molar-refractivity contribution in [1.82, 2.24) is 5.32 Å². The number of aryl methyl sites for hydroxylation is 1. The molecule has 1 fully saturated rings. The lowest BCUT2D eigenvalue weighted by atomic mass is 9.97. The zero-order valence-electron chi connectivity index (χ0n) is 16.9. The fourth-order valence-corrected chi connectivity index (χ4v) is 3.90. The second kappa shape index (κ2) is 9.20. The molecule has 1 atom stereocenters. The first-order valence-corrected chi connectivity index (χ1v) is 10.4. The van der Waals surface area contributed by atoms with Crippen molar-refractivity contribution in [2.75, 3.05) is 16.8 Å². The molecule has 3 rings (SSSR count). The van der Waals surface area contributed by atoms with Gasteiger partial charge in [-0.15, -0.1) is 0 Å². The van der Waals surface area contributed by atoms with Gasteiger partial charge in [-0.2, -0.15) is 0 Å². The summed E-state index contributed by atoms with van der Waals surface area (Å²) in [5.74, 6) is 0.745. The molecule has 0 saturated carbocycles. The van der Waals surface area contributed by atoms with E-state index in [4.69, 9.17) is 12.2 Å². The Morgan fingerprint density at radius 2 is 1.93 bits per heavy atom. The van der Waals surface area contributed by atoms with E-state index in [0.29, 0.717) is 17.5 Å².